The average molecular weight is 354 g/mol. The Bertz CT molecular complexity index is 730. The maximum absolute atomic E-state index is 12.1. The molecular weight excluding hydrogens is 328 g/mol. The third-order valence-electron chi connectivity index (χ3n) is 3.86. The van der Waals surface area contributed by atoms with Crippen molar-refractivity contribution in [3.8, 4) is 11.5 Å². The van der Waals surface area contributed by atoms with Crippen LogP contribution in [0.4, 0.5) is 0 Å². The number of rotatable bonds is 8. The first-order valence-electron chi connectivity index (χ1n) is 8.46. The van der Waals surface area contributed by atoms with Crippen molar-refractivity contribution in [2.24, 2.45) is 0 Å². The van der Waals surface area contributed by atoms with Gasteiger partial charge in [-0.2, -0.15) is 0 Å². The lowest BCUT2D eigenvalue weighted by atomic mass is 10.1. The summed E-state index contributed by atoms with van der Waals surface area (Å²) in [6.45, 7) is 1.45. The van der Waals surface area contributed by atoms with E-state index in [9.17, 15) is 4.79 Å². The van der Waals surface area contributed by atoms with Gasteiger partial charge in [-0.25, -0.2) is 0 Å². The van der Waals surface area contributed by atoms with Crippen LogP contribution in [0.25, 0.3) is 12.2 Å². The summed E-state index contributed by atoms with van der Waals surface area (Å²) < 4.78 is 10.6. The van der Waals surface area contributed by atoms with Gasteiger partial charge in [0.25, 0.3) is 5.91 Å². The fraction of sp³-hybridized carbons (Fsp3) is 0.286. The van der Waals surface area contributed by atoms with Crippen molar-refractivity contribution in [1.82, 2.24) is 10.2 Å². The van der Waals surface area contributed by atoms with Crippen molar-refractivity contribution in [1.29, 1.82) is 0 Å². The molecule has 0 heterocycles. The van der Waals surface area contributed by atoms with Gasteiger partial charge in [0.2, 0.25) is 0 Å². The molecule has 1 N–H and O–H groups in total. The van der Waals surface area contributed by atoms with Crippen LogP contribution in [-0.2, 0) is 0 Å². The zero-order chi connectivity index (χ0) is 18.9. The third kappa shape index (κ3) is 5.93. The highest BCUT2D eigenvalue weighted by molar-refractivity contribution is 5.94. The van der Waals surface area contributed by atoms with Gasteiger partial charge in [-0.3, -0.25) is 4.79 Å². The molecule has 0 bridgehead atoms. The minimum absolute atomic E-state index is 0.0556. The molecule has 0 unspecified atom stereocenters. The molecule has 0 aliphatic carbocycles. The lowest BCUT2D eigenvalue weighted by Gasteiger charge is -2.10. The summed E-state index contributed by atoms with van der Waals surface area (Å²) in [5.74, 6) is 1.43. The lowest BCUT2D eigenvalue weighted by molar-refractivity contribution is 0.0951. The molecule has 1 amide bonds. The molecule has 26 heavy (non-hydrogen) atoms. The fourth-order valence-electron chi connectivity index (χ4n) is 2.36. The molecule has 138 valence electrons. The van der Waals surface area contributed by atoms with Crippen LogP contribution >= 0.6 is 0 Å². The van der Waals surface area contributed by atoms with Crippen molar-refractivity contribution in [3.63, 3.8) is 0 Å². The summed E-state index contributed by atoms with van der Waals surface area (Å²) in [5.41, 5.74) is 2.65. The molecule has 0 aromatic heterocycles. The fourth-order valence-corrected chi connectivity index (χ4v) is 2.36. The summed E-state index contributed by atoms with van der Waals surface area (Å²) in [7, 11) is 7.21. The second-order valence-corrected chi connectivity index (χ2v) is 6.16. The Balaban J connectivity index is 2.02. The number of likely N-dealkylation sites (N-methyl/N-ethyl adjacent to an activating group) is 1. The summed E-state index contributed by atoms with van der Waals surface area (Å²) in [6, 6.07) is 13.2. The van der Waals surface area contributed by atoms with Crippen molar-refractivity contribution < 1.29 is 14.3 Å². The normalized spacial score (nSPS) is 11.0. The minimum Gasteiger partial charge on any atom is -0.497 e. The van der Waals surface area contributed by atoms with Gasteiger partial charge in [0, 0.05) is 24.7 Å². The maximum Gasteiger partial charge on any atom is 0.251 e. The monoisotopic (exact) mass is 354 g/mol. The highest BCUT2D eigenvalue weighted by Crippen LogP contribution is 2.23. The van der Waals surface area contributed by atoms with Crippen LogP contribution < -0.4 is 14.8 Å². The number of benzene rings is 2. The van der Waals surface area contributed by atoms with Gasteiger partial charge in [0.05, 0.1) is 14.2 Å². The Labute approximate surface area is 155 Å². The Hall–Kier alpha value is -2.79. The molecule has 0 fully saturated rings. The van der Waals surface area contributed by atoms with E-state index in [1.165, 1.54) is 0 Å². The molecule has 0 aliphatic rings. The van der Waals surface area contributed by atoms with Crippen LogP contribution in [0.2, 0.25) is 0 Å². The number of amides is 1. The van der Waals surface area contributed by atoms with E-state index in [0.717, 1.165) is 29.2 Å². The third-order valence-corrected chi connectivity index (χ3v) is 3.86. The lowest BCUT2D eigenvalue weighted by Crippen LogP contribution is -2.31. The Kier molecular flexibility index (Phi) is 7.24. The molecule has 2 aromatic carbocycles. The van der Waals surface area contributed by atoms with Crippen LogP contribution in [0.15, 0.2) is 42.5 Å². The van der Waals surface area contributed by atoms with Crippen LogP contribution in [0, 0.1) is 0 Å². The number of carbonyl (C=O) groups is 1. The second kappa shape index (κ2) is 9.63. The van der Waals surface area contributed by atoms with Gasteiger partial charge >= 0.3 is 0 Å². The topological polar surface area (TPSA) is 50.8 Å². The first kappa shape index (κ1) is 19.5. The van der Waals surface area contributed by atoms with E-state index in [-0.39, 0.29) is 5.91 Å². The molecule has 0 atom stereocenters. The van der Waals surface area contributed by atoms with Crippen molar-refractivity contribution in [2.75, 3.05) is 41.4 Å². The largest absolute Gasteiger partial charge is 0.497 e. The average Bonchev–Trinajstić information content (AvgIpc) is 2.66. The Morgan fingerprint density at radius 2 is 1.54 bits per heavy atom. The van der Waals surface area contributed by atoms with E-state index in [1.54, 1.807) is 14.2 Å². The van der Waals surface area contributed by atoms with E-state index in [4.69, 9.17) is 9.47 Å². The highest BCUT2D eigenvalue weighted by atomic mass is 16.5. The van der Waals surface area contributed by atoms with Crippen LogP contribution in [0.5, 0.6) is 11.5 Å². The summed E-state index contributed by atoms with van der Waals surface area (Å²) in [4.78, 5) is 14.1. The van der Waals surface area contributed by atoms with Crippen molar-refractivity contribution >= 4 is 18.1 Å². The number of hydrogen-bond donors (Lipinski definition) is 1. The van der Waals surface area contributed by atoms with E-state index < -0.39 is 0 Å². The molecule has 0 saturated heterocycles. The minimum atomic E-state index is -0.0556. The number of hydrogen-bond acceptors (Lipinski definition) is 4. The quantitative estimate of drug-likeness (QED) is 0.740. The molecule has 2 rings (SSSR count). The standard InChI is InChI=1S/C21H26N2O3/c1-23(2)12-11-22-21(24)18-9-7-16(8-10-18)5-6-17-13-19(25-3)15-20(14-17)26-4/h5-10,13-15H,11-12H2,1-4H3,(H,22,24)/b6-5+. The Morgan fingerprint density at radius 1 is 0.962 bits per heavy atom. The zero-order valence-electron chi connectivity index (χ0n) is 15.8. The summed E-state index contributed by atoms with van der Waals surface area (Å²) in [5, 5.41) is 2.91. The molecular formula is C21H26N2O3. The number of methoxy groups -OCH3 is 2. The molecule has 0 aliphatic heterocycles. The van der Waals surface area contributed by atoms with Crippen molar-refractivity contribution in [2.45, 2.75) is 0 Å². The van der Waals surface area contributed by atoms with E-state index in [0.29, 0.717) is 12.1 Å². The van der Waals surface area contributed by atoms with Crippen LogP contribution in [0.3, 0.4) is 0 Å². The molecule has 0 spiro atoms. The highest BCUT2D eigenvalue weighted by Gasteiger charge is 2.04. The first-order valence-corrected chi connectivity index (χ1v) is 8.46. The van der Waals surface area contributed by atoms with Gasteiger partial charge in [0.1, 0.15) is 11.5 Å². The predicted octanol–water partition coefficient (Wildman–Crippen LogP) is 3.17. The number of carbonyl (C=O) groups excluding carboxylic acids is 1. The van der Waals surface area contributed by atoms with Gasteiger partial charge in [0.15, 0.2) is 0 Å². The van der Waals surface area contributed by atoms with Crippen molar-refractivity contribution in [3.05, 3.63) is 59.2 Å². The number of nitrogens with zero attached hydrogens (tertiary/aromatic N) is 1. The van der Waals surface area contributed by atoms with Gasteiger partial charge < -0.3 is 19.7 Å². The van der Waals surface area contributed by atoms with Gasteiger partial charge in [-0.05, 0) is 49.5 Å². The van der Waals surface area contributed by atoms with Crippen LogP contribution in [-0.4, -0.2) is 52.2 Å². The van der Waals surface area contributed by atoms with E-state index >= 15 is 0 Å². The number of nitrogens with one attached hydrogen (secondary N) is 1. The summed E-state index contributed by atoms with van der Waals surface area (Å²) >= 11 is 0. The first-order chi connectivity index (χ1) is 12.5. The van der Waals surface area contributed by atoms with Gasteiger partial charge in [-0.15, -0.1) is 0 Å². The van der Waals surface area contributed by atoms with Gasteiger partial charge in [-0.1, -0.05) is 24.3 Å². The Morgan fingerprint density at radius 3 is 2.08 bits per heavy atom. The number of ether oxygens (including phenoxy) is 2. The molecule has 0 radical (unpaired) electrons. The molecule has 5 nitrogen and oxygen atoms in total. The van der Waals surface area contributed by atoms with Crippen LogP contribution in [0.1, 0.15) is 21.5 Å². The SMILES string of the molecule is COc1cc(/C=C/c2ccc(C(=O)NCCN(C)C)cc2)cc(OC)c1. The maximum atomic E-state index is 12.1. The molecule has 0 saturated carbocycles. The van der Waals surface area contributed by atoms with E-state index in [1.807, 2.05) is 73.6 Å². The molecule has 2 aromatic rings. The van der Waals surface area contributed by atoms with E-state index in [2.05, 4.69) is 5.32 Å². The smallest absolute Gasteiger partial charge is 0.251 e. The summed E-state index contributed by atoms with van der Waals surface area (Å²) in [6.07, 6.45) is 3.97. The second-order valence-electron chi connectivity index (χ2n) is 6.16. The molecule has 5 heteroatoms. The predicted molar refractivity (Wildman–Crippen MR) is 106 cm³/mol. The zero-order valence-corrected chi connectivity index (χ0v) is 15.8.